The Morgan fingerprint density at radius 2 is 1.79 bits per heavy atom. The standard InChI is InChI=1S/C21H27N3O4S/c1-16-6-4-5-7-18(16)15-23-10-12-24(13-11-23)29(26,27)19-8-9-21(28-3)20(14-19)22-17(2)25/h4-9,14H,10-13,15H2,1-3H3,(H,22,25). The zero-order valence-corrected chi connectivity index (χ0v) is 17.8. The van der Waals surface area contributed by atoms with Gasteiger partial charge in [0.25, 0.3) is 0 Å². The molecule has 1 fully saturated rings. The molecule has 3 rings (SSSR count). The van der Waals surface area contributed by atoms with Crippen molar-refractivity contribution in [2.45, 2.75) is 25.3 Å². The Kier molecular flexibility index (Phi) is 6.56. The summed E-state index contributed by atoms with van der Waals surface area (Å²) >= 11 is 0. The molecule has 0 spiro atoms. The maximum absolute atomic E-state index is 13.1. The predicted octanol–water partition coefficient (Wildman–Crippen LogP) is 2.47. The molecule has 1 N–H and O–H groups in total. The lowest BCUT2D eigenvalue weighted by atomic mass is 10.1. The Morgan fingerprint density at radius 3 is 2.41 bits per heavy atom. The Morgan fingerprint density at radius 1 is 1.10 bits per heavy atom. The molecule has 1 saturated heterocycles. The van der Waals surface area contributed by atoms with Crippen LogP contribution in [0.15, 0.2) is 47.4 Å². The molecule has 0 aliphatic carbocycles. The number of nitrogens with one attached hydrogen (secondary N) is 1. The fourth-order valence-electron chi connectivity index (χ4n) is 3.44. The van der Waals surface area contributed by atoms with Crippen LogP contribution >= 0.6 is 0 Å². The molecule has 0 bridgehead atoms. The lowest BCUT2D eigenvalue weighted by Gasteiger charge is -2.34. The van der Waals surface area contributed by atoms with Crippen molar-refractivity contribution in [1.82, 2.24) is 9.21 Å². The lowest BCUT2D eigenvalue weighted by Crippen LogP contribution is -2.48. The zero-order valence-electron chi connectivity index (χ0n) is 17.0. The first-order chi connectivity index (χ1) is 13.8. The lowest BCUT2D eigenvalue weighted by molar-refractivity contribution is -0.114. The van der Waals surface area contributed by atoms with Gasteiger partial charge in [0.05, 0.1) is 17.7 Å². The summed E-state index contributed by atoms with van der Waals surface area (Å²) < 4.78 is 32.9. The van der Waals surface area contributed by atoms with Crippen LogP contribution in [0.1, 0.15) is 18.1 Å². The van der Waals surface area contributed by atoms with E-state index in [4.69, 9.17) is 4.74 Å². The van der Waals surface area contributed by atoms with Crippen LogP contribution in [-0.2, 0) is 21.4 Å². The third-order valence-electron chi connectivity index (χ3n) is 5.11. The Bertz CT molecular complexity index is 983. The summed E-state index contributed by atoms with van der Waals surface area (Å²) in [5, 5.41) is 2.62. The number of nitrogens with zero attached hydrogens (tertiary/aromatic N) is 2. The number of methoxy groups -OCH3 is 1. The topological polar surface area (TPSA) is 79.0 Å². The van der Waals surface area contributed by atoms with Gasteiger partial charge in [-0.3, -0.25) is 9.69 Å². The summed E-state index contributed by atoms with van der Waals surface area (Å²) in [6.07, 6.45) is 0. The van der Waals surface area contributed by atoms with Crippen LogP contribution in [0.2, 0.25) is 0 Å². The molecular formula is C21H27N3O4S. The summed E-state index contributed by atoms with van der Waals surface area (Å²) in [6.45, 7) is 6.46. The largest absolute Gasteiger partial charge is 0.495 e. The maximum atomic E-state index is 13.1. The van der Waals surface area contributed by atoms with Crippen LogP contribution in [0.3, 0.4) is 0 Å². The van der Waals surface area contributed by atoms with Crippen LogP contribution in [0.4, 0.5) is 5.69 Å². The van der Waals surface area contributed by atoms with Crippen molar-refractivity contribution in [1.29, 1.82) is 0 Å². The third kappa shape index (κ3) is 4.95. The minimum Gasteiger partial charge on any atom is -0.495 e. The van der Waals surface area contributed by atoms with E-state index in [-0.39, 0.29) is 10.8 Å². The first-order valence-electron chi connectivity index (χ1n) is 9.54. The van der Waals surface area contributed by atoms with Gasteiger partial charge in [-0.05, 0) is 36.2 Å². The Labute approximate surface area is 172 Å². The highest BCUT2D eigenvalue weighted by Gasteiger charge is 2.29. The first kappa shape index (κ1) is 21.3. The van der Waals surface area contributed by atoms with Crippen LogP contribution in [0.25, 0.3) is 0 Å². The summed E-state index contributed by atoms with van der Waals surface area (Å²) in [7, 11) is -2.18. The van der Waals surface area contributed by atoms with Gasteiger partial charge in [0, 0.05) is 39.6 Å². The zero-order chi connectivity index (χ0) is 21.0. The van der Waals surface area contributed by atoms with Crippen molar-refractivity contribution in [3.8, 4) is 5.75 Å². The second-order valence-electron chi connectivity index (χ2n) is 7.15. The number of carbonyl (C=O) groups is 1. The molecule has 0 radical (unpaired) electrons. The number of aryl methyl sites for hydroxylation is 1. The maximum Gasteiger partial charge on any atom is 0.243 e. The molecule has 0 saturated carbocycles. The van der Waals surface area contributed by atoms with Crippen LogP contribution in [-0.4, -0.2) is 56.8 Å². The molecule has 0 unspecified atom stereocenters. The van der Waals surface area contributed by atoms with Crippen LogP contribution in [0.5, 0.6) is 5.75 Å². The van der Waals surface area contributed by atoms with Gasteiger partial charge >= 0.3 is 0 Å². The fourth-order valence-corrected chi connectivity index (χ4v) is 4.89. The molecule has 29 heavy (non-hydrogen) atoms. The molecule has 8 heteroatoms. The van der Waals surface area contributed by atoms with Gasteiger partial charge in [0.2, 0.25) is 15.9 Å². The summed E-state index contributed by atoms with van der Waals surface area (Å²) in [6, 6.07) is 12.8. The quantitative estimate of drug-likeness (QED) is 0.781. The van der Waals surface area contributed by atoms with Gasteiger partial charge in [-0.15, -0.1) is 0 Å². The molecule has 7 nitrogen and oxygen atoms in total. The minimum atomic E-state index is -3.65. The van der Waals surface area contributed by atoms with Crippen LogP contribution in [0, 0.1) is 6.92 Å². The second kappa shape index (κ2) is 8.94. The number of hydrogen-bond acceptors (Lipinski definition) is 5. The van der Waals surface area contributed by atoms with Crippen molar-refractivity contribution in [3.63, 3.8) is 0 Å². The highest BCUT2D eigenvalue weighted by molar-refractivity contribution is 7.89. The molecule has 0 atom stereocenters. The predicted molar refractivity (Wildman–Crippen MR) is 113 cm³/mol. The van der Waals surface area contributed by atoms with E-state index in [1.807, 2.05) is 12.1 Å². The van der Waals surface area contributed by atoms with Crippen molar-refractivity contribution >= 4 is 21.6 Å². The number of piperazine rings is 1. The summed E-state index contributed by atoms with van der Waals surface area (Å²) in [5.74, 6) is 0.130. The molecule has 156 valence electrons. The third-order valence-corrected chi connectivity index (χ3v) is 7.00. The van der Waals surface area contributed by atoms with Gasteiger partial charge in [-0.2, -0.15) is 4.31 Å². The van der Waals surface area contributed by atoms with Crippen LogP contribution < -0.4 is 10.1 Å². The SMILES string of the molecule is COc1ccc(S(=O)(=O)N2CCN(Cc3ccccc3C)CC2)cc1NC(C)=O. The molecule has 1 heterocycles. The van der Waals surface area contributed by atoms with Crippen molar-refractivity contribution < 1.29 is 17.9 Å². The van der Waals surface area contributed by atoms with E-state index in [0.717, 1.165) is 6.54 Å². The smallest absolute Gasteiger partial charge is 0.243 e. The van der Waals surface area contributed by atoms with Crippen molar-refractivity contribution in [3.05, 3.63) is 53.6 Å². The van der Waals surface area contributed by atoms with E-state index in [1.54, 1.807) is 6.07 Å². The first-order valence-corrected chi connectivity index (χ1v) is 11.0. The number of benzene rings is 2. The number of sulfonamides is 1. The Hall–Kier alpha value is -2.42. The number of ether oxygens (including phenoxy) is 1. The highest BCUT2D eigenvalue weighted by atomic mass is 32.2. The van der Waals surface area contributed by atoms with E-state index in [9.17, 15) is 13.2 Å². The molecule has 2 aromatic rings. The molecule has 1 amide bonds. The van der Waals surface area contributed by atoms with Gasteiger partial charge < -0.3 is 10.1 Å². The van der Waals surface area contributed by atoms with Gasteiger partial charge in [0.1, 0.15) is 5.75 Å². The van der Waals surface area contributed by atoms with Gasteiger partial charge in [-0.25, -0.2) is 8.42 Å². The normalized spacial score (nSPS) is 15.8. The minimum absolute atomic E-state index is 0.148. The molecule has 1 aliphatic heterocycles. The van der Waals surface area contributed by atoms with E-state index < -0.39 is 10.0 Å². The summed E-state index contributed by atoms with van der Waals surface area (Å²) in [5.41, 5.74) is 2.85. The van der Waals surface area contributed by atoms with Crippen molar-refractivity contribution in [2.75, 3.05) is 38.6 Å². The molecular weight excluding hydrogens is 390 g/mol. The van der Waals surface area contributed by atoms with E-state index in [1.165, 1.54) is 41.6 Å². The highest BCUT2D eigenvalue weighted by Crippen LogP contribution is 2.29. The second-order valence-corrected chi connectivity index (χ2v) is 9.09. The Balaban J connectivity index is 1.71. The average Bonchev–Trinajstić information content (AvgIpc) is 2.69. The number of anilines is 1. The van der Waals surface area contributed by atoms with Gasteiger partial charge in [0.15, 0.2) is 0 Å². The summed E-state index contributed by atoms with van der Waals surface area (Å²) in [4.78, 5) is 13.8. The van der Waals surface area contributed by atoms with Crippen molar-refractivity contribution in [2.24, 2.45) is 0 Å². The van der Waals surface area contributed by atoms with E-state index in [0.29, 0.717) is 37.6 Å². The fraction of sp³-hybridized carbons (Fsp3) is 0.381. The van der Waals surface area contributed by atoms with E-state index >= 15 is 0 Å². The monoisotopic (exact) mass is 417 g/mol. The molecule has 0 aromatic heterocycles. The number of carbonyl (C=O) groups excluding carboxylic acids is 1. The van der Waals surface area contributed by atoms with Gasteiger partial charge in [-0.1, -0.05) is 24.3 Å². The number of hydrogen-bond donors (Lipinski definition) is 1. The number of amides is 1. The van der Waals surface area contributed by atoms with E-state index in [2.05, 4.69) is 29.3 Å². The number of rotatable bonds is 6. The molecule has 1 aliphatic rings. The molecule has 2 aromatic carbocycles. The average molecular weight is 418 g/mol.